The summed E-state index contributed by atoms with van der Waals surface area (Å²) in [4.78, 5) is 4.42. The highest BCUT2D eigenvalue weighted by molar-refractivity contribution is 7.99. The van der Waals surface area contributed by atoms with Crippen molar-refractivity contribution in [3.05, 3.63) is 22.7 Å². The number of benzene rings is 1. The molecule has 0 bridgehead atoms. The lowest BCUT2D eigenvalue weighted by Gasteiger charge is -2.16. The molecule has 0 amide bonds. The minimum Gasteiger partial charge on any atom is -0.369 e. The van der Waals surface area contributed by atoms with E-state index < -0.39 is 0 Å². The zero-order valence-electron chi connectivity index (χ0n) is 10.9. The largest absolute Gasteiger partial charge is 0.369 e. The quantitative estimate of drug-likeness (QED) is 0.926. The predicted octanol–water partition coefficient (Wildman–Crippen LogP) is 3.89. The van der Waals surface area contributed by atoms with Gasteiger partial charge in [0.15, 0.2) is 0 Å². The Morgan fingerprint density at radius 2 is 2.22 bits per heavy atom. The zero-order valence-corrected chi connectivity index (χ0v) is 12.5. The maximum absolute atomic E-state index is 6.19. The molecular formula is C13H18ClN3S. The summed E-state index contributed by atoms with van der Waals surface area (Å²) < 4.78 is 2.10. The van der Waals surface area contributed by atoms with Crippen LogP contribution >= 0.6 is 23.4 Å². The Bertz CT molecular complexity index is 565. The van der Waals surface area contributed by atoms with Crippen molar-refractivity contribution >= 4 is 40.3 Å². The van der Waals surface area contributed by atoms with Crippen molar-refractivity contribution in [2.24, 2.45) is 0 Å². The maximum Gasteiger partial charge on any atom is 0.201 e. The van der Waals surface area contributed by atoms with Crippen molar-refractivity contribution in [2.45, 2.75) is 26.8 Å². The van der Waals surface area contributed by atoms with Gasteiger partial charge in [0.1, 0.15) is 0 Å². The van der Waals surface area contributed by atoms with E-state index in [0.29, 0.717) is 12.0 Å². The summed E-state index contributed by atoms with van der Waals surface area (Å²) in [5.41, 5.74) is 9.07. The van der Waals surface area contributed by atoms with Crippen LogP contribution in [-0.4, -0.2) is 21.1 Å². The summed E-state index contributed by atoms with van der Waals surface area (Å²) in [5.74, 6) is 2.70. The molecule has 0 spiro atoms. The molecule has 3 nitrogen and oxygen atoms in total. The number of aryl methyl sites for hydroxylation is 1. The fraction of sp³-hybridized carbons (Fsp3) is 0.462. The first-order chi connectivity index (χ1) is 8.56. The minimum atomic E-state index is 0.317. The average molecular weight is 284 g/mol. The van der Waals surface area contributed by atoms with E-state index in [4.69, 9.17) is 17.3 Å². The van der Waals surface area contributed by atoms with Crippen molar-refractivity contribution in [3.8, 4) is 0 Å². The van der Waals surface area contributed by atoms with Crippen LogP contribution in [0.5, 0.6) is 0 Å². The molecular weight excluding hydrogens is 266 g/mol. The van der Waals surface area contributed by atoms with Gasteiger partial charge in [0.2, 0.25) is 5.95 Å². The highest BCUT2D eigenvalue weighted by Gasteiger charge is 2.16. The van der Waals surface area contributed by atoms with Crippen LogP contribution in [0.15, 0.2) is 12.1 Å². The van der Waals surface area contributed by atoms with Gasteiger partial charge >= 0.3 is 0 Å². The van der Waals surface area contributed by atoms with Crippen LogP contribution in [-0.2, 0) is 0 Å². The van der Waals surface area contributed by atoms with Crippen molar-refractivity contribution in [2.75, 3.05) is 17.2 Å². The number of fused-ring (bicyclic) bond motifs is 1. The van der Waals surface area contributed by atoms with E-state index in [-0.39, 0.29) is 0 Å². The van der Waals surface area contributed by atoms with Gasteiger partial charge < -0.3 is 10.3 Å². The van der Waals surface area contributed by atoms with Gasteiger partial charge in [-0.2, -0.15) is 11.8 Å². The lowest BCUT2D eigenvalue weighted by molar-refractivity contribution is 0.636. The van der Waals surface area contributed by atoms with Gasteiger partial charge in [-0.3, -0.25) is 0 Å². The van der Waals surface area contributed by atoms with Gasteiger partial charge in [-0.1, -0.05) is 18.5 Å². The van der Waals surface area contributed by atoms with Gasteiger partial charge in [0.25, 0.3) is 0 Å². The Morgan fingerprint density at radius 1 is 1.50 bits per heavy atom. The molecule has 1 unspecified atom stereocenters. The Labute approximate surface area is 117 Å². The number of hydrogen-bond donors (Lipinski definition) is 1. The molecule has 1 aromatic heterocycles. The fourth-order valence-corrected chi connectivity index (χ4v) is 3.03. The summed E-state index contributed by atoms with van der Waals surface area (Å²) in [7, 11) is 0. The van der Waals surface area contributed by atoms with Crippen molar-refractivity contribution < 1.29 is 0 Å². The second-order valence-corrected chi connectivity index (χ2v) is 6.11. The lowest BCUT2D eigenvalue weighted by Crippen LogP contribution is -2.11. The second kappa shape index (κ2) is 5.41. The lowest BCUT2D eigenvalue weighted by atomic mass is 10.2. The molecule has 18 heavy (non-hydrogen) atoms. The molecule has 1 heterocycles. The second-order valence-electron chi connectivity index (χ2n) is 4.39. The highest BCUT2D eigenvalue weighted by Crippen LogP contribution is 2.30. The Hall–Kier alpha value is -0.870. The molecule has 2 N–H and O–H groups in total. The smallest absolute Gasteiger partial charge is 0.201 e. The van der Waals surface area contributed by atoms with Crippen molar-refractivity contribution in [3.63, 3.8) is 0 Å². The van der Waals surface area contributed by atoms with Crippen LogP contribution in [0.3, 0.4) is 0 Å². The van der Waals surface area contributed by atoms with Crippen LogP contribution in [0.4, 0.5) is 5.95 Å². The van der Waals surface area contributed by atoms with E-state index in [1.165, 1.54) is 0 Å². The van der Waals surface area contributed by atoms with E-state index in [0.717, 1.165) is 33.1 Å². The number of nitrogens with two attached hydrogens (primary N) is 1. The topological polar surface area (TPSA) is 43.8 Å². The molecule has 0 fully saturated rings. The minimum absolute atomic E-state index is 0.317. The number of aromatic nitrogens is 2. The highest BCUT2D eigenvalue weighted by atomic mass is 35.5. The molecule has 0 saturated carbocycles. The fourth-order valence-electron chi connectivity index (χ4n) is 2.16. The first kappa shape index (κ1) is 13.6. The van der Waals surface area contributed by atoms with Gasteiger partial charge in [-0.25, -0.2) is 4.98 Å². The molecule has 1 aromatic carbocycles. The van der Waals surface area contributed by atoms with Gasteiger partial charge in [0.05, 0.1) is 11.0 Å². The van der Waals surface area contributed by atoms with Crippen LogP contribution in [0.1, 0.15) is 25.5 Å². The zero-order chi connectivity index (χ0) is 13.3. The molecule has 0 aliphatic heterocycles. The molecule has 0 aliphatic carbocycles. The third kappa shape index (κ3) is 2.31. The normalized spacial score (nSPS) is 13.1. The van der Waals surface area contributed by atoms with E-state index in [1.807, 2.05) is 30.8 Å². The molecule has 0 saturated heterocycles. The first-order valence-electron chi connectivity index (χ1n) is 6.06. The molecule has 5 heteroatoms. The van der Waals surface area contributed by atoms with Crippen molar-refractivity contribution in [1.29, 1.82) is 0 Å². The molecule has 98 valence electrons. The van der Waals surface area contributed by atoms with E-state index in [1.54, 1.807) is 0 Å². The van der Waals surface area contributed by atoms with Crippen LogP contribution < -0.4 is 5.73 Å². The Kier molecular flexibility index (Phi) is 4.07. The molecule has 2 rings (SSSR count). The van der Waals surface area contributed by atoms with Gasteiger partial charge in [-0.05, 0) is 37.3 Å². The Balaban J connectivity index is 2.55. The summed E-state index contributed by atoms with van der Waals surface area (Å²) in [6.07, 6.45) is 0. The predicted molar refractivity (Wildman–Crippen MR) is 81.6 cm³/mol. The summed E-state index contributed by atoms with van der Waals surface area (Å²) in [6.45, 7) is 6.34. The van der Waals surface area contributed by atoms with E-state index in [2.05, 4.69) is 23.4 Å². The molecule has 0 radical (unpaired) electrons. The summed E-state index contributed by atoms with van der Waals surface area (Å²) >= 11 is 8.10. The first-order valence-corrected chi connectivity index (χ1v) is 7.59. The number of hydrogen-bond acceptors (Lipinski definition) is 3. The third-order valence-corrected chi connectivity index (χ3v) is 4.61. The van der Waals surface area contributed by atoms with Crippen LogP contribution in [0, 0.1) is 6.92 Å². The third-order valence-electron chi connectivity index (χ3n) is 3.07. The monoisotopic (exact) mass is 283 g/mol. The number of nitrogens with zero attached hydrogens (tertiary/aromatic N) is 2. The molecule has 2 aromatic rings. The molecule has 1 atom stereocenters. The summed E-state index contributed by atoms with van der Waals surface area (Å²) in [6, 6.07) is 4.12. The van der Waals surface area contributed by atoms with Gasteiger partial charge in [-0.15, -0.1) is 0 Å². The number of imidazole rings is 1. The number of nitrogen functional groups attached to an aromatic ring is 1. The number of anilines is 1. The summed E-state index contributed by atoms with van der Waals surface area (Å²) in [5, 5.41) is 0.763. The number of rotatable bonds is 4. The number of halogens is 1. The SMILES string of the molecule is CCSCC(C)n1c(N)nc2ccc(Cl)c(C)c21. The van der Waals surface area contributed by atoms with Crippen molar-refractivity contribution in [1.82, 2.24) is 9.55 Å². The van der Waals surface area contributed by atoms with E-state index in [9.17, 15) is 0 Å². The van der Waals surface area contributed by atoms with Crippen LogP contribution in [0.25, 0.3) is 11.0 Å². The standard InChI is InChI=1S/C13H18ClN3S/c1-4-18-7-8(2)17-12-9(3)10(14)5-6-11(12)16-13(17)15/h5-6,8H,4,7H2,1-3H3,(H2,15,16). The average Bonchev–Trinajstić information content (AvgIpc) is 2.68. The van der Waals surface area contributed by atoms with Crippen LogP contribution in [0.2, 0.25) is 5.02 Å². The van der Waals surface area contributed by atoms with E-state index >= 15 is 0 Å². The van der Waals surface area contributed by atoms with Gasteiger partial charge in [0, 0.05) is 16.8 Å². The molecule has 0 aliphatic rings. The maximum atomic E-state index is 6.19. The number of thioether (sulfide) groups is 1. The Morgan fingerprint density at radius 3 is 2.89 bits per heavy atom.